The molecule has 3 N–H and O–H groups in total. The van der Waals surface area contributed by atoms with Crippen LogP contribution in [-0.2, 0) is 11.2 Å². The van der Waals surface area contributed by atoms with Gasteiger partial charge in [0.25, 0.3) is 0 Å². The Morgan fingerprint density at radius 2 is 2.44 bits per heavy atom. The van der Waals surface area contributed by atoms with Gasteiger partial charge in [-0.3, -0.25) is 16.3 Å². The van der Waals surface area contributed by atoms with Crippen LogP contribution in [0.1, 0.15) is 25.3 Å². The molecule has 0 aliphatic carbocycles. The number of hydrogen-bond donors (Lipinski definition) is 2. The van der Waals surface area contributed by atoms with Crippen molar-refractivity contribution in [3.8, 4) is 0 Å². The van der Waals surface area contributed by atoms with Crippen molar-refractivity contribution in [1.29, 1.82) is 0 Å². The van der Waals surface area contributed by atoms with Gasteiger partial charge >= 0.3 is 0 Å². The maximum atomic E-state index is 5.74. The van der Waals surface area contributed by atoms with E-state index in [0.717, 1.165) is 30.3 Å². The van der Waals surface area contributed by atoms with Gasteiger partial charge in [0.05, 0.1) is 6.10 Å². The second-order valence-corrected chi connectivity index (χ2v) is 5.67. The summed E-state index contributed by atoms with van der Waals surface area (Å²) in [5.74, 6) is 6.20. The molecule has 1 aromatic heterocycles. The van der Waals surface area contributed by atoms with Crippen molar-refractivity contribution in [2.24, 2.45) is 11.8 Å². The molecular weight excluding hydrogens is 294 g/mol. The van der Waals surface area contributed by atoms with Gasteiger partial charge in [-0.15, -0.1) is 0 Å². The van der Waals surface area contributed by atoms with E-state index in [1.165, 1.54) is 5.56 Å². The van der Waals surface area contributed by atoms with E-state index in [0.29, 0.717) is 12.0 Å². The highest BCUT2D eigenvalue weighted by Gasteiger charge is 2.33. The van der Waals surface area contributed by atoms with Crippen LogP contribution < -0.4 is 11.3 Å². The molecule has 0 radical (unpaired) electrons. The van der Waals surface area contributed by atoms with Gasteiger partial charge in [0.15, 0.2) is 0 Å². The van der Waals surface area contributed by atoms with Gasteiger partial charge in [-0.2, -0.15) is 0 Å². The zero-order valence-electron chi connectivity index (χ0n) is 10.6. The fraction of sp³-hybridized carbons (Fsp3) is 0.615. The van der Waals surface area contributed by atoms with Crippen molar-refractivity contribution in [2.45, 2.75) is 38.3 Å². The topological polar surface area (TPSA) is 60.2 Å². The first-order valence-electron chi connectivity index (χ1n) is 6.41. The second-order valence-electron chi connectivity index (χ2n) is 4.76. The van der Waals surface area contributed by atoms with Crippen molar-refractivity contribution in [1.82, 2.24) is 10.4 Å². The normalized spacial score (nSPS) is 25.3. The zero-order chi connectivity index (χ0) is 13.0. The second kappa shape index (κ2) is 6.61. The van der Waals surface area contributed by atoms with Gasteiger partial charge in [0.2, 0.25) is 0 Å². The zero-order valence-corrected chi connectivity index (χ0v) is 12.2. The third-order valence-electron chi connectivity index (χ3n) is 3.61. The summed E-state index contributed by atoms with van der Waals surface area (Å²) in [5.41, 5.74) is 4.14. The molecule has 5 heteroatoms. The standard InChI is InChI=1S/C13H20BrN3O/c1-2-13-11(3-4-18-13)12(17-15)6-9-5-10(14)8-16-7-9/h5,7-8,11-13,17H,2-4,6,15H2,1H3. The van der Waals surface area contributed by atoms with Gasteiger partial charge in [0, 0.05) is 35.4 Å². The van der Waals surface area contributed by atoms with E-state index in [1.807, 2.05) is 6.20 Å². The Balaban J connectivity index is 2.05. The van der Waals surface area contributed by atoms with Crippen LogP contribution in [0.25, 0.3) is 0 Å². The fourth-order valence-electron chi connectivity index (χ4n) is 2.70. The lowest BCUT2D eigenvalue weighted by Gasteiger charge is -2.26. The van der Waals surface area contributed by atoms with E-state index in [1.54, 1.807) is 6.20 Å². The summed E-state index contributed by atoms with van der Waals surface area (Å²) in [5, 5.41) is 0. The van der Waals surface area contributed by atoms with Crippen LogP contribution in [0.3, 0.4) is 0 Å². The van der Waals surface area contributed by atoms with Crippen LogP contribution in [0.4, 0.5) is 0 Å². The molecule has 0 saturated carbocycles. The quantitative estimate of drug-likeness (QED) is 0.645. The van der Waals surface area contributed by atoms with E-state index in [2.05, 4.69) is 39.3 Å². The van der Waals surface area contributed by atoms with E-state index in [4.69, 9.17) is 10.6 Å². The number of halogens is 1. The summed E-state index contributed by atoms with van der Waals surface area (Å²) in [6.07, 6.45) is 7.02. The predicted octanol–water partition coefficient (Wildman–Crippen LogP) is 2.03. The van der Waals surface area contributed by atoms with Gasteiger partial charge in [-0.1, -0.05) is 6.92 Å². The Bertz CT molecular complexity index is 388. The highest BCUT2D eigenvalue weighted by Crippen LogP contribution is 2.28. The number of hydrogen-bond acceptors (Lipinski definition) is 4. The Morgan fingerprint density at radius 3 is 3.11 bits per heavy atom. The average Bonchev–Trinajstić information content (AvgIpc) is 2.84. The summed E-state index contributed by atoms with van der Waals surface area (Å²) in [4.78, 5) is 4.19. The Morgan fingerprint density at radius 1 is 1.61 bits per heavy atom. The predicted molar refractivity (Wildman–Crippen MR) is 74.9 cm³/mol. The van der Waals surface area contributed by atoms with Gasteiger partial charge in [-0.25, -0.2) is 0 Å². The number of ether oxygens (including phenoxy) is 1. The lowest BCUT2D eigenvalue weighted by molar-refractivity contribution is 0.0774. The van der Waals surface area contributed by atoms with Gasteiger partial charge in [0.1, 0.15) is 0 Å². The molecule has 2 heterocycles. The molecular formula is C13H20BrN3O. The monoisotopic (exact) mass is 313 g/mol. The Hall–Kier alpha value is -0.490. The number of hydrazine groups is 1. The lowest BCUT2D eigenvalue weighted by Crippen LogP contribution is -2.45. The molecule has 1 fully saturated rings. The summed E-state index contributed by atoms with van der Waals surface area (Å²) in [7, 11) is 0. The molecule has 0 bridgehead atoms. The maximum Gasteiger partial charge on any atom is 0.0617 e. The van der Waals surface area contributed by atoms with Crippen LogP contribution in [0.5, 0.6) is 0 Å². The number of aromatic nitrogens is 1. The Labute approximate surface area is 116 Å². The van der Waals surface area contributed by atoms with Crippen LogP contribution in [0, 0.1) is 5.92 Å². The first kappa shape index (κ1) is 13.9. The molecule has 3 atom stereocenters. The molecule has 18 heavy (non-hydrogen) atoms. The number of pyridine rings is 1. The highest BCUT2D eigenvalue weighted by molar-refractivity contribution is 9.10. The van der Waals surface area contributed by atoms with Crippen molar-refractivity contribution in [3.05, 3.63) is 28.5 Å². The minimum absolute atomic E-state index is 0.244. The molecule has 3 unspecified atom stereocenters. The van der Waals surface area contributed by atoms with E-state index in [9.17, 15) is 0 Å². The molecule has 4 nitrogen and oxygen atoms in total. The van der Waals surface area contributed by atoms with E-state index in [-0.39, 0.29) is 6.04 Å². The van der Waals surface area contributed by atoms with Crippen molar-refractivity contribution >= 4 is 15.9 Å². The molecule has 0 spiro atoms. The lowest BCUT2D eigenvalue weighted by atomic mass is 9.88. The molecule has 0 aromatic carbocycles. The first-order chi connectivity index (χ1) is 8.74. The molecule has 100 valence electrons. The largest absolute Gasteiger partial charge is 0.378 e. The third-order valence-corrected chi connectivity index (χ3v) is 4.04. The van der Waals surface area contributed by atoms with Crippen LogP contribution >= 0.6 is 15.9 Å². The molecule has 1 aliphatic heterocycles. The number of nitrogens with two attached hydrogens (primary N) is 1. The summed E-state index contributed by atoms with van der Waals surface area (Å²) in [6, 6.07) is 2.34. The number of rotatable bonds is 5. The molecule has 1 saturated heterocycles. The highest BCUT2D eigenvalue weighted by atomic mass is 79.9. The third kappa shape index (κ3) is 3.29. The van der Waals surface area contributed by atoms with E-state index < -0.39 is 0 Å². The first-order valence-corrected chi connectivity index (χ1v) is 7.21. The van der Waals surface area contributed by atoms with E-state index >= 15 is 0 Å². The van der Waals surface area contributed by atoms with Gasteiger partial charge < -0.3 is 4.74 Å². The Kier molecular flexibility index (Phi) is 5.12. The maximum absolute atomic E-state index is 5.74. The van der Waals surface area contributed by atoms with Crippen LogP contribution in [-0.4, -0.2) is 23.7 Å². The fourth-order valence-corrected chi connectivity index (χ4v) is 3.11. The number of nitrogens with zero attached hydrogens (tertiary/aromatic N) is 1. The smallest absolute Gasteiger partial charge is 0.0617 e. The number of nitrogens with one attached hydrogen (secondary N) is 1. The summed E-state index contributed by atoms with van der Waals surface area (Å²) in [6.45, 7) is 3.01. The molecule has 0 amide bonds. The molecule has 2 rings (SSSR count). The van der Waals surface area contributed by atoms with Gasteiger partial charge in [-0.05, 0) is 46.8 Å². The summed E-state index contributed by atoms with van der Waals surface area (Å²) < 4.78 is 6.74. The average molecular weight is 314 g/mol. The minimum atomic E-state index is 0.244. The molecule has 1 aromatic rings. The summed E-state index contributed by atoms with van der Waals surface area (Å²) >= 11 is 3.44. The van der Waals surface area contributed by atoms with Crippen molar-refractivity contribution in [3.63, 3.8) is 0 Å². The van der Waals surface area contributed by atoms with Crippen molar-refractivity contribution < 1.29 is 4.74 Å². The minimum Gasteiger partial charge on any atom is -0.378 e. The molecule has 1 aliphatic rings. The van der Waals surface area contributed by atoms with Crippen LogP contribution in [0.2, 0.25) is 0 Å². The van der Waals surface area contributed by atoms with Crippen molar-refractivity contribution in [2.75, 3.05) is 6.61 Å². The van der Waals surface area contributed by atoms with Crippen LogP contribution in [0.15, 0.2) is 22.9 Å². The SMILES string of the molecule is CCC1OCCC1C(Cc1cncc(Br)c1)NN.